The molecular formula is C18H33NO4Si2. The number of anilines is 1. The van der Waals surface area contributed by atoms with Gasteiger partial charge < -0.3 is 13.3 Å². The molecule has 0 saturated heterocycles. The Morgan fingerprint density at radius 1 is 1.12 bits per heavy atom. The molecule has 0 saturated carbocycles. The Labute approximate surface area is 154 Å². The number of para-hydroxylation sites is 1. The zero-order valence-electron chi connectivity index (χ0n) is 16.5. The Morgan fingerprint density at radius 3 is 2.28 bits per heavy atom. The monoisotopic (exact) mass is 383 g/mol. The van der Waals surface area contributed by atoms with Crippen LogP contribution in [-0.2, 0) is 13.3 Å². The van der Waals surface area contributed by atoms with E-state index in [0.717, 1.165) is 31.2 Å². The second kappa shape index (κ2) is 10.1. The van der Waals surface area contributed by atoms with E-state index >= 15 is 0 Å². The summed E-state index contributed by atoms with van der Waals surface area (Å²) in [7, 11) is -2.39. The summed E-state index contributed by atoms with van der Waals surface area (Å²) in [6, 6.07) is 10.5. The van der Waals surface area contributed by atoms with Gasteiger partial charge in [0.2, 0.25) is 8.32 Å². The average Bonchev–Trinajstić information content (AvgIpc) is 2.56. The van der Waals surface area contributed by atoms with Crippen LogP contribution in [0.25, 0.3) is 0 Å². The van der Waals surface area contributed by atoms with Gasteiger partial charge >= 0.3 is 14.7 Å². The minimum absolute atomic E-state index is 0.263. The fraction of sp³-hybridized carbons (Fsp3) is 0.611. The molecule has 0 N–H and O–H groups in total. The van der Waals surface area contributed by atoms with Crippen LogP contribution in [0.1, 0.15) is 19.8 Å². The van der Waals surface area contributed by atoms with Crippen LogP contribution >= 0.6 is 0 Å². The summed E-state index contributed by atoms with van der Waals surface area (Å²) in [5.74, 6) is 0. The van der Waals surface area contributed by atoms with Crippen molar-refractivity contribution in [3.05, 3.63) is 30.3 Å². The Balaban J connectivity index is 2.76. The van der Waals surface area contributed by atoms with E-state index in [2.05, 4.69) is 13.5 Å². The van der Waals surface area contributed by atoms with Crippen molar-refractivity contribution in [1.29, 1.82) is 0 Å². The number of hydrogen-bond acceptors (Lipinski definition) is 4. The van der Waals surface area contributed by atoms with Crippen molar-refractivity contribution < 1.29 is 18.1 Å². The van der Waals surface area contributed by atoms with Gasteiger partial charge in [0.25, 0.3) is 0 Å². The lowest BCUT2D eigenvalue weighted by atomic mass is 10.3. The number of benzene rings is 1. The minimum atomic E-state index is -2.16. The number of hydrogen-bond donors (Lipinski definition) is 0. The predicted octanol–water partition coefficient (Wildman–Crippen LogP) is 5.00. The summed E-state index contributed by atoms with van der Waals surface area (Å²) in [5, 5.41) is 0. The van der Waals surface area contributed by atoms with Crippen molar-refractivity contribution in [2.24, 2.45) is 0 Å². The van der Waals surface area contributed by atoms with E-state index in [1.54, 1.807) is 12.0 Å². The first-order valence-electron chi connectivity index (χ1n) is 8.95. The highest BCUT2D eigenvalue weighted by molar-refractivity contribution is 6.71. The smallest absolute Gasteiger partial charge is 0.400 e. The second-order valence-electron chi connectivity index (χ2n) is 7.26. The third-order valence-electron chi connectivity index (χ3n) is 3.74. The van der Waals surface area contributed by atoms with Crippen LogP contribution < -0.4 is 4.90 Å². The molecule has 0 fully saturated rings. The van der Waals surface area contributed by atoms with Crippen molar-refractivity contribution in [3.63, 3.8) is 0 Å². The maximum Gasteiger partial charge on any atom is 0.400 e. The highest BCUT2D eigenvalue weighted by Crippen LogP contribution is 2.20. The molecule has 1 atom stereocenters. The molecule has 0 aliphatic heterocycles. The summed E-state index contributed by atoms with van der Waals surface area (Å²) >= 11 is 0. The van der Waals surface area contributed by atoms with E-state index in [9.17, 15) is 4.79 Å². The van der Waals surface area contributed by atoms with Gasteiger partial charge in [-0.15, -0.1) is 0 Å². The summed E-state index contributed by atoms with van der Waals surface area (Å²) in [6.45, 7) is 11.5. The molecule has 0 aromatic heterocycles. The number of carbonyl (C=O) groups excluding carboxylic acids is 1. The van der Waals surface area contributed by atoms with Crippen LogP contribution in [0.5, 0.6) is 0 Å². The molecule has 7 heteroatoms. The van der Waals surface area contributed by atoms with E-state index in [1.807, 2.05) is 50.0 Å². The van der Waals surface area contributed by atoms with E-state index in [-0.39, 0.29) is 6.09 Å². The molecule has 0 bridgehead atoms. The molecule has 0 radical (unpaired) electrons. The number of amides is 1. The highest BCUT2D eigenvalue weighted by Gasteiger charge is 2.31. The van der Waals surface area contributed by atoms with E-state index < -0.39 is 16.9 Å². The standard InChI is InChI=1S/C18H33NO4Si2/c1-7-15-22-25(6,21-2)16-11-14-19(17-12-9-8-10-13-17)18(20)23-24(3,4)5/h8-10,12-13H,7,11,14-16H2,1-6H3. The lowest BCUT2D eigenvalue weighted by molar-refractivity contribution is 0.201. The Hall–Kier alpha value is -1.16. The van der Waals surface area contributed by atoms with Crippen LogP contribution in [0.2, 0.25) is 32.2 Å². The topological polar surface area (TPSA) is 48.0 Å². The quantitative estimate of drug-likeness (QED) is 0.533. The molecule has 5 nitrogen and oxygen atoms in total. The summed E-state index contributed by atoms with van der Waals surface area (Å²) in [6.07, 6.45) is 1.53. The number of nitrogens with zero attached hydrogens (tertiary/aromatic N) is 1. The fourth-order valence-corrected chi connectivity index (χ4v) is 4.90. The predicted molar refractivity (Wildman–Crippen MR) is 108 cm³/mol. The molecule has 0 spiro atoms. The molecule has 142 valence electrons. The van der Waals surface area contributed by atoms with Crippen LogP contribution in [-0.4, -0.2) is 43.2 Å². The molecule has 1 amide bonds. The van der Waals surface area contributed by atoms with E-state index in [4.69, 9.17) is 13.3 Å². The Kier molecular flexibility index (Phi) is 8.85. The molecule has 0 aliphatic carbocycles. The van der Waals surface area contributed by atoms with Crippen LogP contribution in [0, 0.1) is 0 Å². The normalized spacial score (nSPS) is 14.0. The van der Waals surface area contributed by atoms with Crippen LogP contribution in [0.4, 0.5) is 10.5 Å². The minimum Gasteiger partial charge on any atom is -0.504 e. The number of carbonyl (C=O) groups is 1. The van der Waals surface area contributed by atoms with Gasteiger partial charge in [-0.05, 0) is 57.2 Å². The molecule has 25 heavy (non-hydrogen) atoms. The van der Waals surface area contributed by atoms with Crippen molar-refractivity contribution in [3.8, 4) is 0 Å². The maximum absolute atomic E-state index is 12.6. The number of rotatable bonds is 10. The summed E-state index contributed by atoms with van der Waals surface area (Å²) in [5.41, 5.74) is 0.862. The largest absolute Gasteiger partial charge is 0.504 e. The first-order chi connectivity index (χ1) is 11.7. The van der Waals surface area contributed by atoms with Gasteiger partial charge in [0, 0.05) is 25.9 Å². The van der Waals surface area contributed by atoms with Gasteiger partial charge in [-0.25, -0.2) is 4.79 Å². The first-order valence-corrected chi connectivity index (χ1v) is 14.9. The fourth-order valence-electron chi connectivity index (χ4n) is 2.36. The highest BCUT2D eigenvalue weighted by atomic mass is 28.4. The molecule has 1 unspecified atom stereocenters. The van der Waals surface area contributed by atoms with E-state index in [1.165, 1.54) is 0 Å². The molecule has 1 aromatic rings. The average molecular weight is 384 g/mol. The van der Waals surface area contributed by atoms with Crippen LogP contribution in [0.3, 0.4) is 0 Å². The van der Waals surface area contributed by atoms with Gasteiger partial charge in [-0.2, -0.15) is 0 Å². The van der Waals surface area contributed by atoms with Gasteiger partial charge in [-0.1, -0.05) is 25.1 Å². The summed E-state index contributed by atoms with van der Waals surface area (Å²) in [4.78, 5) is 14.4. The second-order valence-corrected chi connectivity index (χ2v) is 15.2. The first kappa shape index (κ1) is 21.9. The lowest BCUT2D eigenvalue weighted by Gasteiger charge is -2.29. The SMILES string of the molecule is CCCO[Si](C)(CCCN(C(=O)O[Si](C)(C)C)c1ccccc1)OC. The lowest BCUT2D eigenvalue weighted by Crippen LogP contribution is -2.42. The zero-order chi connectivity index (χ0) is 18.9. The van der Waals surface area contributed by atoms with E-state index in [0.29, 0.717) is 6.54 Å². The van der Waals surface area contributed by atoms with Gasteiger partial charge in [0.1, 0.15) is 0 Å². The van der Waals surface area contributed by atoms with Gasteiger partial charge in [0.15, 0.2) is 0 Å². The molecule has 1 rings (SSSR count). The third-order valence-corrected chi connectivity index (χ3v) is 7.46. The van der Waals surface area contributed by atoms with Gasteiger partial charge in [0.05, 0.1) is 0 Å². The zero-order valence-corrected chi connectivity index (χ0v) is 18.5. The molecule has 0 heterocycles. The van der Waals surface area contributed by atoms with Crippen molar-refractivity contribution in [2.75, 3.05) is 25.2 Å². The van der Waals surface area contributed by atoms with Gasteiger partial charge in [-0.3, -0.25) is 4.90 Å². The maximum atomic E-state index is 12.6. The Bertz CT molecular complexity index is 522. The van der Waals surface area contributed by atoms with Crippen molar-refractivity contribution in [1.82, 2.24) is 0 Å². The molecule has 0 aliphatic rings. The summed E-state index contributed by atoms with van der Waals surface area (Å²) < 4.78 is 17.3. The Morgan fingerprint density at radius 2 is 1.76 bits per heavy atom. The molecular weight excluding hydrogens is 350 g/mol. The van der Waals surface area contributed by atoms with Crippen molar-refractivity contribution >= 4 is 28.7 Å². The van der Waals surface area contributed by atoms with Crippen LogP contribution in [0.15, 0.2) is 30.3 Å². The molecule has 1 aromatic carbocycles. The van der Waals surface area contributed by atoms with Crippen molar-refractivity contribution in [2.45, 2.75) is 52.0 Å². The third kappa shape index (κ3) is 8.17.